The maximum Gasteiger partial charge on any atom is 0.408 e. The zero-order valence-electron chi connectivity index (χ0n) is 9.13. The van der Waals surface area contributed by atoms with Gasteiger partial charge in [0.1, 0.15) is 6.61 Å². The van der Waals surface area contributed by atoms with Crippen molar-refractivity contribution >= 4 is 12.1 Å². The monoisotopic (exact) mass is 238 g/mol. The number of carboxylic acid groups (broad SMARTS) is 1. The smallest absolute Gasteiger partial charge is 0.408 e. The SMILES string of the molecule is N[C@@H](CC(=O)O)NC(=O)OCc1ccccc1. The number of carboxylic acids is 1. The van der Waals surface area contributed by atoms with Gasteiger partial charge in [0.05, 0.1) is 12.6 Å². The first-order valence-electron chi connectivity index (χ1n) is 5.02. The highest BCUT2D eigenvalue weighted by atomic mass is 16.5. The van der Waals surface area contributed by atoms with Crippen LogP contribution in [-0.2, 0) is 16.1 Å². The quantitative estimate of drug-likeness (QED) is 0.654. The van der Waals surface area contributed by atoms with E-state index >= 15 is 0 Å². The first kappa shape index (κ1) is 13.0. The molecule has 6 nitrogen and oxygen atoms in total. The van der Waals surface area contributed by atoms with Crippen LogP contribution in [0.3, 0.4) is 0 Å². The van der Waals surface area contributed by atoms with Gasteiger partial charge in [-0.15, -0.1) is 0 Å². The fraction of sp³-hybridized carbons (Fsp3) is 0.273. The van der Waals surface area contributed by atoms with Gasteiger partial charge in [0, 0.05) is 0 Å². The molecule has 92 valence electrons. The van der Waals surface area contributed by atoms with Gasteiger partial charge in [-0.3, -0.25) is 4.79 Å². The third kappa shape index (κ3) is 5.53. The van der Waals surface area contributed by atoms with Gasteiger partial charge in [0.15, 0.2) is 0 Å². The van der Waals surface area contributed by atoms with E-state index < -0.39 is 18.2 Å². The number of nitrogens with two attached hydrogens (primary N) is 1. The molecule has 0 unspecified atom stereocenters. The molecule has 0 bridgehead atoms. The van der Waals surface area contributed by atoms with Crippen LogP contribution in [0.5, 0.6) is 0 Å². The number of hydrogen-bond donors (Lipinski definition) is 3. The number of rotatable bonds is 5. The summed E-state index contributed by atoms with van der Waals surface area (Å²) < 4.78 is 4.86. The van der Waals surface area contributed by atoms with Crippen molar-refractivity contribution < 1.29 is 19.4 Å². The minimum absolute atomic E-state index is 0.118. The van der Waals surface area contributed by atoms with Crippen molar-refractivity contribution in [2.75, 3.05) is 0 Å². The molecule has 0 spiro atoms. The van der Waals surface area contributed by atoms with Gasteiger partial charge in [0.2, 0.25) is 0 Å². The summed E-state index contributed by atoms with van der Waals surface area (Å²) in [5, 5.41) is 10.6. The first-order chi connectivity index (χ1) is 8.08. The van der Waals surface area contributed by atoms with Crippen LogP contribution in [0.1, 0.15) is 12.0 Å². The number of amides is 1. The second-order valence-electron chi connectivity index (χ2n) is 3.41. The summed E-state index contributed by atoms with van der Waals surface area (Å²) in [6.45, 7) is 0.118. The molecule has 0 radical (unpaired) electrons. The summed E-state index contributed by atoms with van der Waals surface area (Å²) in [6, 6.07) is 9.13. The van der Waals surface area contributed by atoms with Gasteiger partial charge in [-0.05, 0) is 5.56 Å². The van der Waals surface area contributed by atoms with E-state index in [1.807, 2.05) is 30.3 Å². The Balaban J connectivity index is 2.28. The van der Waals surface area contributed by atoms with Crippen molar-refractivity contribution in [3.63, 3.8) is 0 Å². The Morgan fingerprint density at radius 2 is 2.00 bits per heavy atom. The Kier molecular flexibility index (Phi) is 4.96. The lowest BCUT2D eigenvalue weighted by atomic mass is 10.2. The number of carbonyl (C=O) groups excluding carboxylic acids is 1. The number of ether oxygens (including phenoxy) is 1. The van der Waals surface area contributed by atoms with Crippen LogP contribution in [0.15, 0.2) is 30.3 Å². The van der Waals surface area contributed by atoms with Crippen LogP contribution < -0.4 is 11.1 Å². The van der Waals surface area contributed by atoms with E-state index in [0.717, 1.165) is 5.56 Å². The van der Waals surface area contributed by atoms with E-state index in [9.17, 15) is 9.59 Å². The summed E-state index contributed by atoms with van der Waals surface area (Å²) in [5.41, 5.74) is 6.19. The Bertz CT molecular complexity index is 380. The maximum absolute atomic E-state index is 11.2. The van der Waals surface area contributed by atoms with Crippen LogP contribution in [0.25, 0.3) is 0 Å². The van der Waals surface area contributed by atoms with Crippen molar-refractivity contribution in [2.24, 2.45) is 5.73 Å². The van der Waals surface area contributed by atoms with Crippen molar-refractivity contribution in [3.8, 4) is 0 Å². The maximum atomic E-state index is 11.2. The Labute approximate surface area is 98.4 Å². The molecule has 6 heteroatoms. The van der Waals surface area contributed by atoms with E-state index in [4.69, 9.17) is 15.6 Å². The van der Waals surface area contributed by atoms with Gasteiger partial charge in [-0.2, -0.15) is 0 Å². The molecule has 0 aliphatic rings. The zero-order valence-corrected chi connectivity index (χ0v) is 9.13. The van der Waals surface area contributed by atoms with Crippen molar-refractivity contribution in [3.05, 3.63) is 35.9 Å². The minimum Gasteiger partial charge on any atom is -0.481 e. The standard InChI is InChI=1S/C11H14N2O4/c12-9(6-10(14)15)13-11(16)17-7-8-4-2-1-3-5-8/h1-5,9H,6-7,12H2,(H,13,16)(H,14,15)/t9-/m1/s1. The molecule has 1 amide bonds. The van der Waals surface area contributed by atoms with Crippen LogP contribution in [0, 0.1) is 0 Å². The molecule has 0 aromatic heterocycles. The van der Waals surface area contributed by atoms with Crippen LogP contribution in [-0.4, -0.2) is 23.3 Å². The summed E-state index contributed by atoms with van der Waals surface area (Å²) in [4.78, 5) is 21.5. The highest BCUT2D eigenvalue weighted by Crippen LogP contribution is 2.00. The van der Waals surface area contributed by atoms with E-state index in [0.29, 0.717) is 0 Å². The largest absolute Gasteiger partial charge is 0.481 e. The molecule has 1 aromatic carbocycles. The van der Waals surface area contributed by atoms with Crippen LogP contribution >= 0.6 is 0 Å². The summed E-state index contributed by atoms with van der Waals surface area (Å²) in [5.74, 6) is -1.08. The minimum atomic E-state index is -1.08. The molecule has 1 aromatic rings. The van der Waals surface area contributed by atoms with Crippen molar-refractivity contribution in [1.82, 2.24) is 5.32 Å². The zero-order chi connectivity index (χ0) is 12.7. The van der Waals surface area contributed by atoms with Gasteiger partial charge in [0.25, 0.3) is 0 Å². The van der Waals surface area contributed by atoms with Crippen LogP contribution in [0.4, 0.5) is 4.79 Å². The number of aliphatic carboxylic acids is 1. The van der Waals surface area contributed by atoms with E-state index in [-0.39, 0.29) is 13.0 Å². The highest BCUT2D eigenvalue weighted by Gasteiger charge is 2.11. The summed E-state index contributed by atoms with van der Waals surface area (Å²) in [7, 11) is 0. The Morgan fingerprint density at radius 1 is 1.35 bits per heavy atom. The number of carbonyl (C=O) groups is 2. The second-order valence-corrected chi connectivity index (χ2v) is 3.41. The normalized spacial score (nSPS) is 11.6. The third-order valence-electron chi connectivity index (χ3n) is 1.91. The lowest BCUT2D eigenvalue weighted by Crippen LogP contribution is -2.43. The highest BCUT2D eigenvalue weighted by molar-refractivity contribution is 5.71. The molecule has 0 saturated carbocycles. The van der Waals surface area contributed by atoms with E-state index in [1.165, 1.54) is 0 Å². The molecule has 0 aliphatic carbocycles. The predicted octanol–water partition coefficient (Wildman–Crippen LogP) is 0.672. The molecule has 0 heterocycles. The topological polar surface area (TPSA) is 102 Å². The molecule has 0 saturated heterocycles. The fourth-order valence-electron chi connectivity index (χ4n) is 1.16. The molecular weight excluding hydrogens is 224 g/mol. The third-order valence-corrected chi connectivity index (χ3v) is 1.91. The Hall–Kier alpha value is -2.08. The Morgan fingerprint density at radius 3 is 2.59 bits per heavy atom. The number of hydrogen-bond acceptors (Lipinski definition) is 4. The van der Waals surface area contributed by atoms with Crippen molar-refractivity contribution in [1.29, 1.82) is 0 Å². The van der Waals surface area contributed by atoms with E-state index in [1.54, 1.807) is 0 Å². The van der Waals surface area contributed by atoms with E-state index in [2.05, 4.69) is 5.32 Å². The first-order valence-corrected chi connectivity index (χ1v) is 5.02. The van der Waals surface area contributed by atoms with Gasteiger partial charge in [-0.25, -0.2) is 4.79 Å². The molecule has 1 rings (SSSR count). The number of nitrogens with one attached hydrogen (secondary N) is 1. The summed E-state index contributed by atoms with van der Waals surface area (Å²) >= 11 is 0. The molecular formula is C11H14N2O4. The molecule has 0 fully saturated rings. The predicted molar refractivity (Wildman–Crippen MR) is 60.0 cm³/mol. The fourth-order valence-corrected chi connectivity index (χ4v) is 1.16. The van der Waals surface area contributed by atoms with Crippen molar-refractivity contribution in [2.45, 2.75) is 19.2 Å². The molecule has 0 aliphatic heterocycles. The molecule has 17 heavy (non-hydrogen) atoms. The van der Waals surface area contributed by atoms with Crippen LogP contribution in [0.2, 0.25) is 0 Å². The summed E-state index contributed by atoms with van der Waals surface area (Å²) in [6.07, 6.45) is -2.03. The van der Waals surface area contributed by atoms with Gasteiger partial charge < -0.3 is 20.9 Å². The lowest BCUT2D eigenvalue weighted by Gasteiger charge is -2.11. The van der Waals surface area contributed by atoms with Gasteiger partial charge >= 0.3 is 12.1 Å². The number of benzene rings is 1. The lowest BCUT2D eigenvalue weighted by molar-refractivity contribution is -0.137. The average molecular weight is 238 g/mol. The average Bonchev–Trinajstić information content (AvgIpc) is 2.26. The second kappa shape index (κ2) is 6.49. The molecule has 1 atom stereocenters. The van der Waals surface area contributed by atoms with Gasteiger partial charge in [-0.1, -0.05) is 30.3 Å². The molecule has 4 N–H and O–H groups in total. The number of alkyl carbamates (subject to hydrolysis) is 1.